The summed E-state index contributed by atoms with van der Waals surface area (Å²) in [6.07, 6.45) is 2.83. The molecular weight excluding hydrogens is 433 g/mol. The van der Waals surface area contributed by atoms with E-state index in [2.05, 4.69) is 27.4 Å². The summed E-state index contributed by atoms with van der Waals surface area (Å²) in [7, 11) is 3.16. The Labute approximate surface area is 195 Å². The zero-order valence-corrected chi connectivity index (χ0v) is 20.3. The molecule has 0 saturated heterocycles. The number of aromatic nitrogens is 1. The number of benzene rings is 1. The van der Waals surface area contributed by atoms with E-state index >= 15 is 4.39 Å². The molecule has 0 amide bonds. The van der Waals surface area contributed by atoms with Crippen LogP contribution in [0.15, 0.2) is 29.7 Å². The van der Waals surface area contributed by atoms with Gasteiger partial charge in [0.25, 0.3) is 0 Å². The third-order valence-electron chi connectivity index (χ3n) is 5.63. The second kappa shape index (κ2) is 10.0. The third-order valence-corrected chi connectivity index (χ3v) is 5.63. The highest BCUT2D eigenvalue weighted by Crippen LogP contribution is 2.46. The van der Waals surface area contributed by atoms with E-state index in [0.29, 0.717) is 36.7 Å². The highest BCUT2D eigenvalue weighted by molar-refractivity contribution is 7.59. The molecule has 2 aromatic rings. The summed E-state index contributed by atoms with van der Waals surface area (Å²) in [5.41, 5.74) is 0.367. The molecule has 0 fully saturated rings. The van der Waals surface area contributed by atoms with E-state index in [1.807, 2.05) is 6.07 Å². The van der Waals surface area contributed by atoms with Crippen LogP contribution in [0.3, 0.4) is 0 Å². The van der Waals surface area contributed by atoms with Crippen LogP contribution in [-0.2, 0) is 11.2 Å². The maximum atomic E-state index is 15.4. The normalized spacial score (nSPS) is 14.8. The molecule has 1 aliphatic heterocycles. The Bertz CT molecular complexity index is 1060. The van der Waals surface area contributed by atoms with Crippen LogP contribution in [0.2, 0.25) is 0 Å². The second-order valence-electron chi connectivity index (χ2n) is 8.83. The minimum absolute atomic E-state index is 0. The minimum Gasteiger partial charge on any atom is -0.508 e. The molecule has 3 rings (SSSR count). The smallest absolute Gasteiger partial charge is 0.228 e. The van der Waals surface area contributed by atoms with Crippen molar-refractivity contribution in [2.45, 2.75) is 39.7 Å². The van der Waals surface area contributed by atoms with E-state index in [0.717, 1.165) is 12.0 Å². The molecule has 8 heteroatoms. The fourth-order valence-electron chi connectivity index (χ4n) is 3.99. The van der Waals surface area contributed by atoms with Crippen LogP contribution in [0.1, 0.15) is 44.4 Å². The molecule has 32 heavy (non-hydrogen) atoms. The number of rotatable bonds is 7. The Morgan fingerprint density at radius 2 is 1.94 bits per heavy atom. The number of hydrogen-bond acceptors (Lipinski definition) is 5. The standard InChI is InChI=1S/C24H30FNO5.H2S/c1-14(27)17-13-26-20(24(2,3)4)11-15-10-19(31-9-7-8-29-5)18(30-6)12-16(15)22(26)21(25)23(17)28;/h10,12-13,20,27H,1,7-9,11H2,2-6H3;1H2/t20-;/m0./s1. The van der Waals surface area contributed by atoms with Gasteiger partial charge in [-0.2, -0.15) is 13.5 Å². The van der Waals surface area contributed by atoms with Gasteiger partial charge in [-0.1, -0.05) is 27.4 Å². The molecule has 0 aliphatic carbocycles. The average Bonchev–Trinajstić information content (AvgIpc) is 2.71. The molecule has 1 atom stereocenters. The zero-order valence-electron chi connectivity index (χ0n) is 19.3. The maximum absolute atomic E-state index is 15.4. The molecule has 0 spiro atoms. The highest BCUT2D eigenvalue weighted by Gasteiger charge is 2.36. The molecule has 1 aliphatic rings. The first kappa shape index (κ1) is 25.8. The van der Waals surface area contributed by atoms with E-state index in [4.69, 9.17) is 14.2 Å². The summed E-state index contributed by atoms with van der Waals surface area (Å²) < 4.78 is 33.6. The van der Waals surface area contributed by atoms with Crippen LogP contribution >= 0.6 is 13.5 Å². The first-order chi connectivity index (χ1) is 14.6. The molecule has 6 nitrogen and oxygen atoms in total. The van der Waals surface area contributed by atoms with Gasteiger partial charge in [-0.25, -0.2) is 4.39 Å². The van der Waals surface area contributed by atoms with Gasteiger partial charge < -0.3 is 23.9 Å². The molecular formula is C24H32FNO5S. The van der Waals surface area contributed by atoms with Gasteiger partial charge in [-0.05, 0) is 29.5 Å². The molecule has 1 aromatic carbocycles. The monoisotopic (exact) mass is 465 g/mol. The van der Waals surface area contributed by atoms with Crippen molar-refractivity contribution >= 4 is 19.3 Å². The lowest BCUT2D eigenvalue weighted by Gasteiger charge is -2.39. The van der Waals surface area contributed by atoms with E-state index in [9.17, 15) is 9.90 Å². The van der Waals surface area contributed by atoms with Crippen molar-refractivity contribution in [1.82, 2.24) is 4.57 Å². The van der Waals surface area contributed by atoms with Crippen molar-refractivity contribution in [3.05, 3.63) is 52.1 Å². The van der Waals surface area contributed by atoms with E-state index in [-0.39, 0.29) is 36.2 Å². The molecule has 0 radical (unpaired) electrons. The van der Waals surface area contributed by atoms with Crippen molar-refractivity contribution in [3.8, 4) is 22.8 Å². The Kier molecular flexibility index (Phi) is 8.07. The topological polar surface area (TPSA) is 69.9 Å². The number of hydrogen-bond donors (Lipinski definition) is 1. The van der Waals surface area contributed by atoms with Crippen LogP contribution in [-0.4, -0.2) is 37.1 Å². The number of ether oxygens (including phenoxy) is 3. The minimum atomic E-state index is -0.918. The van der Waals surface area contributed by atoms with Crippen molar-refractivity contribution in [1.29, 1.82) is 0 Å². The first-order valence-corrected chi connectivity index (χ1v) is 10.3. The number of aliphatic hydroxyl groups is 1. The number of fused-ring (bicyclic) bond motifs is 3. The largest absolute Gasteiger partial charge is 0.508 e. The van der Waals surface area contributed by atoms with Gasteiger partial charge in [0.1, 0.15) is 5.76 Å². The lowest BCUT2D eigenvalue weighted by Crippen LogP contribution is -2.33. The van der Waals surface area contributed by atoms with E-state index in [1.54, 1.807) is 17.7 Å². The maximum Gasteiger partial charge on any atom is 0.228 e. The fourth-order valence-corrected chi connectivity index (χ4v) is 3.99. The molecule has 0 saturated carbocycles. The summed E-state index contributed by atoms with van der Waals surface area (Å²) in [4.78, 5) is 12.6. The number of aliphatic hydroxyl groups excluding tert-OH is 1. The quantitative estimate of drug-likeness (QED) is 0.467. The lowest BCUT2D eigenvalue weighted by molar-refractivity contribution is 0.170. The third kappa shape index (κ3) is 4.81. The van der Waals surface area contributed by atoms with Crippen LogP contribution in [0.5, 0.6) is 11.5 Å². The number of methoxy groups -OCH3 is 2. The van der Waals surface area contributed by atoms with Crippen LogP contribution in [0.25, 0.3) is 17.0 Å². The van der Waals surface area contributed by atoms with Crippen molar-refractivity contribution in [2.24, 2.45) is 5.41 Å². The van der Waals surface area contributed by atoms with E-state index < -0.39 is 17.0 Å². The highest BCUT2D eigenvalue weighted by atomic mass is 32.1. The Hall–Kier alpha value is -2.45. The predicted octanol–water partition coefficient (Wildman–Crippen LogP) is 4.86. The van der Waals surface area contributed by atoms with Gasteiger partial charge in [-0.3, -0.25) is 4.79 Å². The Balaban J connectivity index is 0.00000363. The first-order valence-electron chi connectivity index (χ1n) is 10.3. The Morgan fingerprint density at radius 1 is 1.25 bits per heavy atom. The van der Waals surface area contributed by atoms with Gasteiger partial charge >= 0.3 is 0 Å². The van der Waals surface area contributed by atoms with Crippen LogP contribution < -0.4 is 14.9 Å². The Morgan fingerprint density at radius 3 is 2.50 bits per heavy atom. The van der Waals surface area contributed by atoms with Gasteiger partial charge in [0.2, 0.25) is 5.43 Å². The van der Waals surface area contributed by atoms with Crippen LogP contribution in [0, 0.1) is 11.2 Å². The van der Waals surface area contributed by atoms with Gasteiger partial charge in [0, 0.05) is 37.9 Å². The summed E-state index contributed by atoms with van der Waals surface area (Å²) in [6.45, 7) is 10.6. The molecule has 1 aromatic heterocycles. The summed E-state index contributed by atoms with van der Waals surface area (Å²) in [5, 5.41) is 9.83. The number of nitrogens with zero attached hydrogens (tertiary/aromatic N) is 1. The van der Waals surface area contributed by atoms with Gasteiger partial charge in [0.15, 0.2) is 17.3 Å². The summed E-state index contributed by atoms with van der Waals surface area (Å²) in [5.74, 6) is -0.338. The second-order valence-corrected chi connectivity index (χ2v) is 8.83. The summed E-state index contributed by atoms with van der Waals surface area (Å²) in [6, 6.07) is 3.42. The van der Waals surface area contributed by atoms with Crippen molar-refractivity contribution in [2.75, 3.05) is 27.4 Å². The zero-order chi connectivity index (χ0) is 22.9. The molecule has 0 unspecified atom stereocenters. The molecule has 1 N–H and O–H groups in total. The predicted molar refractivity (Wildman–Crippen MR) is 129 cm³/mol. The van der Waals surface area contributed by atoms with Gasteiger partial charge in [-0.15, -0.1) is 0 Å². The van der Waals surface area contributed by atoms with Crippen molar-refractivity contribution in [3.63, 3.8) is 0 Å². The van der Waals surface area contributed by atoms with Crippen molar-refractivity contribution < 1.29 is 23.7 Å². The van der Waals surface area contributed by atoms with Gasteiger partial charge in [0.05, 0.1) is 25.0 Å². The average molecular weight is 466 g/mol. The molecule has 2 heterocycles. The molecule has 0 bridgehead atoms. The van der Waals surface area contributed by atoms with E-state index in [1.165, 1.54) is 13.3 Å². The number of halogens is 1. The fraction of sp³-hybridized carbons (Fsp3) is 0.458. The van der Waals surface area contributed by atoms with Crippen LogP contribution in [0.4, 0.5) is 4.39 Å². The lowest BCUT2D eigenvalue weighted by atomic mass is 9.78. The number of pyridine rings is 1. The SMILES string of the molecule is C=C(O)c1cn2c(c(F)c1=O)-c1cc(OC)c(OCCCOC)cc1C[C@H]2C(C)(C)C.S. The molecule has 176 valence electrons. The summed E-state index contributed by atoms with van der Waals surface area (Å²) >= 11 is 0.